The SMILES string of the molecule is NC1CC(c2nnc(CNCCc3nc4c(s3)CCCC4)n2C2CC2)C1. The van der Waals surface area contributed by atoms with Gasteiger partial charge in [0.25, 0.3) is 0 Å². The van der Waals surface area contributed by atoms with Crippen molar-refractivity contribution in [2.24, 2.45) is 5.73 Å². The molecule has 0 radical (unpaired) electrons. The van der Waals surface area contributed by atoms with Crippen molar-refractivity contribution in [2.75, 3.05) is 6.54 Å². The van der Waals surface area contributed by atoms with Gasteiger partial charge < -0.3 is 15.6 Å². The highest BCUT2D eigenvalue weighted by Crippen LogP contribution is 2.42. The van der Waals surface area contributed by atoms with E-state index in [1.54, 1.807) is 0 Å². The summed E-state index contributed by atoms with van der Waals surface area (Å²) in [6.07, 6.45) is 10.7. The molecule has 2 fully saturated rings. The van der Waals surface area contributed by atoms with E-state index in [0.29, 0.717) is 18.0 Å². The maximum absolute atomic E-state index is 5.97. The van der Waals surface area contributed by atoms with Crippen molar-refractivity contribution in [2.45, 2.75) is 82.3 Å². The molecule has 3 aliphatic rings. The van der Waals surface area contributed by atoms with E-state index in [9.17, 15) is 0 Å². The smallest absolute Gasteiger partial charge is 0.147 e. The van der Waals surface area contributed by atoms with Gasteiger partial charge in [-0.05, 0) is 51.4 Å². The van der Waals surface area contributed by atoms with Crippen LogP contribution in [-0.2, 0) is 25.8 Å². The Hall–Kier alpha value is -1.31. The highest BCUT2D eigenvalue weighted by Gasteiger charge is 2.36. The van der Waals surface area contributed by atoms with Crippen LogP contribution in [0, 0.1) is 0 Å². The van der Waals surface area contributed by atoms with Crippen LogP contribution >= 0.6 is 11.3 Å². The lowest BCUT2D eigenvalue weighted by Crippen LogP contribution is -2.36. The zero-order valence-corrected chi connectivity index (χ0v) is 16.1. The average molecular weight is 373 g/mol. The fourth-order valence-corrected chi connectivity index (χ4v) is 5.40. The van der Waals surface area contributed by atoms with E-state index in [0.717, 1.165) is 38.2 Å². The molecule has 0 unspecified atom stereocenters. The van der Waals surface area contributed by atoms with Crippen LogP contribution < -0.4 is 11.1 Å². The van der Waals surface area contributed by atoms with Gasteiger partial charge in [0.1, 0.15) is 11.6 Å². The van der Waals surface area contributed by atoms with Crippen LogP contribution in [0.25, 0.3) is 0 Å². The molecule has 2 aromatic heterocycles. The third-order valence-corrected chi connectivity index (χ3v) is 7.15. The summed E-state index contributed by atoms with van der Waals surface area (Å²) < 4.78 is 2.41. The first kappa shape index (κ1) is 16.8. The Labute approximate surface area is 158 Å². The van der Waals surface area contributed by atoms with Gasteiger partial charge in [-0.3, -0.25) is 0 Å². The van der Waals surface area contributed by atoms with E-state index >= 15 is 0 Å². The highest BCUT2D eigenvalue weighted by atomic mass is 32.1. The second kappa shape index (κ2) is 7.02. The Kier molecular flexibility index (Phi) is 4.54. The molecule has 2 aromatic rings. The number of nitrogens with one attached hydrogen (secondary N) is 1. The number of aromatic nitrogens is 4. The van der Waals surface area contributed by atoms with Gasteiger partial charge in [0.05, 0.1) is 17.2 Å². The van der Waals surface area contributed by atoms with Crippen molar-refractivity contribution in [1.82, 2.24) is 25.1 Å². The van der Waals surface area contributed by atoms with Crippen LogP contribution in [0.15, 0.2) is 0 Å². The van der Waals surface area contributed by atoms with E-state index in [1.165, 1.54) is 59.9 Å². The predicted octanol–water partition coefficient (Wildman–Crippen LogP) is 2.49. The molecule has 6 nitrogen and oxygen atoms in total. The van der Waals surface area contributed by atoms with E-state index < -0.39 is 0 Å². The Morgan fingerprint density at radius 3 is 2.77 bits per heavy atom. The summed E-state index contributed by atoms with van der Waals surface area (Å²) in [5, 5.41) is 13.9. The molecular formula is C19H28N6S. The lowest BCUT2D eigenvalue weighted by Gasteiger charge is -2.31. The van der Waals surface area contributed by atoms with Crippen LogP contribution in [-0.4, -0.2) is 32.3 Å². The van der Waals surface area contributed by atoms with Gasteiger partial charge in [-0.1, -0.05) is 0 Å². The van der Waals surface area contributed by atoms with Crippen molar-refractivity contribution < 1.29 is 0 Å². The van der Waals surface area contributed by atoms with E-state index in [4.69, 9.17) is 10.7 Å². The van der Waals surface area contributed by atoms with Crippen molar-refractivity contribution in [1.29, 1.82) is 0 Å². The van der Waals surface area contributed by atoms with Gasteiger partial charge in [0.2, 0.25) is 0 Å². The van der Waals surface area contributed by atoms with Crippen molar-refractivity contribution in [3.8, 4) is 0 Å². The fourth-order valence-electron chi connectivity index (χ4n) is 4.25. The quantitative estimate of drug-likeness (QED) is 0.730. The Bertz CT molecular complexity index is 748. The van der Waals surface area contributed by atoms with Gasteiger partial charge >= 0.3 is 0 Å². The van der Waals surface area contributed by atoms with Gasteiger partial charge in [-0.15, -0.1) is 21.5 Å². The minimum atomic E-state index is 0.357. The van der Waals surface area contributed by atoms with E-state index in [1.807, 2.05) is 11.3 Å². The number of thiazole rings is 1. The maximum atomic E-state index is 5.97. The fraction of sp³-hybridized carbons (Fsp3) is 0.737. The molecule has 5 rings (SSSR count). The summed E-state index contributed by atoms with van der Waals surface area (Å²) in [5.74, 6) is 2.80. The topological polar surface area (TPSA) is 81.7 Å². The molecule has 0 aliphatic heterocycles. The number of nitrogens with zero attached hydrogens (tertiary/aromatic N) is 4. The second-order valence-electron chi connectivity index (χ2n) is 8.12. The molecule has 0 aromatic carbocycles. The van der Waals surface area contributed by atoms with E-state index in [-0.39, 0.29) is 0 Å². The van der Waals surface area contributed by atoms with Gasteiger partial charge in [0.15, 0.2) is 0 Å². The zero-order chi connectivity index (χ0) is 17.5. The minimum absolute atomic E-state index is 0.357. The zero-order valence-electron chi connectivity index (χ0n) is 15.3. The number of fused-ring (bicyclic) bond motifs is 1. The minimum Gasteiger partial charge on any atom is -0.328 e. The standard InChI is InChI=1S/C19H28N6S/c20-13-9-12(10-13)19-24-23-17(25(19)14-5-6-14)11-21-8-7-18-22-15-3-1-2-4-16(15)26-18/h12-14,21H,1-11,20H2. The summed E-state index contributed by atoms with van der Waals surface area (Å²) >= 11 is 1.92. The predicted molar refractivity (Wildman–Crippen MR) is 102 cm³/mol. The molecule has 2 saturated carbocycles. The number of aryl methyl sites for hydroxylation is 2. The molecular weight excluding hydrogens is 344 g/mol. The van der Waals surface area contributed by atoms with Crippen LogP contribution in [0.2, 0.25) is 0 Å². The summed E-state index contributed by atoms with van der Waals surface area (Å²) in [5.41, 5.74) is 7.34. The monoisotopic (exact) mass is 372 g/mol. The lowest BCUT2D eigenvalue weighted by atomic mass is 9.80. The Morgan fingerprint density at radius 2 is 2.00 bits per heavy atom. The number of hydrogen-bond donors (Lipinski definition) is 2. The highest BCUT2D eigenvalue weighted by molar-refractivity contribution is 7.11. The summed E-state index contributed by atoms with van der Waals surface area (Å²) in [6, 6.07) is 0.981. The van der Waals surface area contributed by atoms with Gasteiger partial charge in [0, 0.05) is 35.8 Å². The molecule has 7 heteroatoms. The first-order valence-corrected chi connectivity index (χ1v) is 11.0. The number of nitrogens with two attached hydrogens (primary N) is 1. The largest absolute Gasteiger partial charge is 0.328 e. The van der Waals surface area contributed by atoms with Crippen molar-refractivity contribution in [3.63, 3.8) is 0 Å². The molecule has 26 heavy (non-hydrogen) atoms. The normalized spacial score (nSPS) is 25.1. The number of hydrogen-bond acceptors (Lipinski definition) is 6. The third-order valence-electron chi connectivity index (χ3n) is 5.93. The molecule has 2 heterocycles. The molecule has 0 amide bonds. The molecule has 3 N–H and O–H groups in total. The van der Waals surface area contributed by atoms with Crippen molar-refractivity contribution >= 4 is 11.3 Å². The summed E-state index contributed by atoms with van der Waals surface area (Å²) in [4.78, 5) is 6.37. The molecule has 0 spiro atoms. The van der Waals surface area contributed by atoms with Gasteiger partial charge in [-0.2, -0.15) is 0 Å². The molecule has 0 atom stereocenters. The average Bonchev–Trinajstić information content (AvgIpc) is 3.24. The number of rotatable bonds is 7. The second-order valence-corrected chi connectivity index (χ2v) is 9.28. The van der Waals surface area contributed by atoms with Crippen LogP contribution in [0.3, 0.4) is 0 Å². The van der Waals surface area contributed by atoms with Crippen molar-refractivity contribution in [3.05, 3.63) is 27.2 Å². The van der Waals surface area contributed by atoms with Gasteiger partial charge in [-0.25, -0.2) is 4.98 Å². The first-order chi connectivity index (χ1) is 12.8. The molecule has 0 saturated heterocycles. The summed E-state index contributed by atoms with van der Waals surface area (Å²) in [7, 11) is 0. The van der Waals surface area contributed by atoms with Crippen LogP contribution in [0.4, 0.5) is 0 Å². The Morgan fingerprint density at radius 1 is 1.15 bits per heavy atom. The molecule has 3 aliphatic carbocycles. The lowest BCUT2D eigenvalue weighted by molar-refractivity contribution is 0.327. The third kappa shape index (κ3) is 3.32. The molecule has 0 bridgehead atoms. The summed E-state index contributed by atoms with van der Waals surface area (Å²) in [6.45, 7) is 1.75. The molecule has 140 valence electrons. The van der Waals surface area contributed by atoms with E-state index in [2.05, 4.69) is 20.1 Å². The maximum Gasteiger partial charge on any atom is 0.147 e. The first-order valence-electron chi connectivity index (χ1n) is 10.2. The van der Waals surface area contributed by atoms with Crippen LogP contribution in [0.1, 0.15) is 77.7 Å². The van der Waals surface area contributed by atoms with Crippen LogP contribution in [0.5, 0.6) is 0 Å². The Balaban J connectivity index is 1.17.